The number of aryl methyl sites for hydroxylation is 1. The summed E-state index contributed by atoms with van der Waals surface area (Å²) in [6.07, 6.45) is 0. The molecule has 0 aliphatic heterocycles. The second-order valence-corrected chi connectivity index (χ2v) is 6.68. The first-order chi connectivity index (χ1) is 13.0. The standard InChI is InChI=1S/C20H17ClN4O2/c1-11(19-23-15-9-5-6-10-16(15)24-19)22-20(26)17-12(2)27-25-18(17)13-7-3-4-8-14(13)21/h3-11H,1-2H3,(H,22,26)(H,23,24). The molecule has 0 saturated heterocycles. The summed E-state index contributed by atoms with van der Waals surface area (Å²) in [6, 6.07) is 14.6. The first kappa shape index (κ1) is 17.3. The highest BCUT2D eigenvalue weighted by molar-refractivity contribution is 6.33. The molecule has 136 valence electrons. The van der Waals surface area contributed by atoms with E-state index in [9.17, 15) is 4.79 Å². The van der Waals surface area contributed by atoms with E-state index in [0.717, 1.165) is 11.0 Å². The molecule has 1 unspecified atom stereocenters. The van der Waals surface area contributed by atoms with E-state index in [-0.39, 0.29) is 11.9 Å². The summed E-state index contributed by atoms with van der Waals surface area (Å²) in [5.74, 6) is 0.814. The maximum atomic E-state index is 12.9. The molecule has 0 aliphatic rings. The molecule has 7 heteroatoms. The van der Waals surface area contributed by atoms with Gasteiger partial charge in [-0.1, -0.05) is 47.1 Å². The van der Waals surface area contributed by atoms with Gasteiger partial charge in [0, 0.05) is 5.56 Å². The lowest BCUT2D eigenvalue weighted by Crippen LogP contribution is -2.28. The molecule has 2 N–H and O–H groups in total. The molecule has 0 fully saturated rings. The average molecular weight is 381 g/mol. The number of H-pyrrole nitrogens is 1. The van der Waals surface area contributed by atoms with E-state index in [0.29, 0.717) is 33.4 Å². The van der Waals surface area contributed by atoms with Crippen molar-refractivity contribution in [1.82, 2.24) is 20.4 Å². The first-order valence-electron chi connectivity index (χ1n) is 8.51. The summed E-state index contributed by atoms with van der Waals surface area (Å²) in [5.41, 5.74) is 3.22. The summed E-state index contributed by atoms with van der Waals surface area (Å²) >= 11 is 6.26. The molecule has 2 heterocycles. The molecule has 0 bridgehead atoms. The van der Waals surface area contributed by atoms with Crippen LogP contribution in [0.4, 0.5) is 0 Å². The highest BCUT2D eigenvalue weighted by Gasteiger charge is 2.25. The Morgan fingerprint density at radius 1 is 1.19 bits per heavy atom. The van der Waals surface area contributed by atoms with Gasteiger partial charge in [0.15, 0.2) is 0 Å². The number of carbonyl (C=O) groups excluding carboxylic acids is 1. The zero-order valence-corrected chi connectivity index (χ0v) is 15.5. The molecule has 27 heavy (non-hydrogen) atoms. The molecule has 0 radical (unpaired) electrons. The zero-order chi connectivity index (χ0) is 19.0. The highest BCUT2D eigenvalue weighted by Crippen LogP contribution is 2.31. The first-order valence-corrected chi connectivity index (χ1v) is 8.89. The van der Waals surface area contributed by atoms with Gasteiger partial charge in [0.05, 0.1) is 22.1 Å². The second-order valence-electron chi connectivity index (χ2n) is 6.28. The van der Waals surface area contributed by atoms with E-state index in [1.807, 2.05) is 43.3 Å². The number of fused-ring (bicyclic) bond motifs is 1. The Bertz CT molecular complexity index is 1100. The van der Waals surface area contributed by atoms with Crippen molar-refractivity contribution in [2.75, 3.05) is 0 Å². The summed E-state index contributed by atoms with van der Waals surface area (Å²) in [4.78, 5) is 20.7. The maximum absolute atomic E-state index is 12.9. The fourth-order valence-electron chi connectivity index (χ4n) is 2.99. The van der Waals surface area contributed by atoms with Gasteiger partial charge >= 0.3 is 0 Å². The smallest absolute Gasteiger partial charge is 0.257 e. The van der Waals surface area contributed by atoms with Gasteiger partial charge in [-0.3, -0.25) is 4.79 Å². The van der Waals surface area contributed by atoms with Crippen LogP contribution in [-0.4, -0.2) is 21.0 Å². The minimum Gasteiger partial charge on any atom is -0.360 e. The summed E-state index contributed by atoms with van der Waals surface area (Å²) < 4.78 is 5.27. The van der Waals surface area contributed by atoms with E-state index in [2.05, 4.69) is 20.4 Å². The molecule has 4 aromatic rings. The van der Waals surface area contributed by atoms with Crippen LogP contribution in [0, 0.1) is 6.92 Å². The fraction of sp³-hybridized carbons (Fsp3) is 0.150. The van der Waals surface area contributed by atoms with E-state index in [1.165, 1.54) is 0 Å². The monoisotopic (exact) mass is 380 g/mol. The Kier molecular flexibility index (Phi) is 4.41. The van der Waals surface area contributed by atoms with Gasteiger partial charge in [-0.15, -0.1) is 0 Å². The third kappa shape index (κ3) is 3.19. The summed E-state index contributed by atoms with van der Waals surface area (Å²) in [7, 11) is 0. The number of halogens is 1. The van der Waals surface area contributed by atoms with Crippen molar-refractivity contribution < 1.29 is 9.32 Å². The summed E-state index contributed by atoms with van der Waals surface area (Å²) in [6.45, 7) is 3.57. The molecule has 6 nitrogen and oxygen atoms in total. The number of rotatable bonds is 4. The van der Waals surface area contributed by atoms with Crippen LogP contribution in [-0.2, 0) is 0 Å². The SMILES string of the molecule is Cc1onc(-c2ccccc2Cl)c1C(=O)NC(C)c1nc2ccccc2[nH]1. The Labute approximate surface area is 160 Å². The van der Waals surface area contributed by atoms with Gasteiger partial charge in [0.2, 0.25) is 0 Å². The minimum absolute atomic E-state index is 0.295. The van der Waals surface area contributed by atoms with Crippen molar-refractivity contribution in [2.45, 2.75) is 19.9 Å². The predicted molar refractivity (Wildman–Crippen MR) is 104 cm³/mol. The lowest BCUT2D eigenvalue weighted by Gasteiger charge is -2.12. The molecule has 1 amide bonds. The topological polar surface area (TPSA) is 83.8 Å². The molecule has 2 aromatic carbocycles. The Morgan fingerprint density at radius 2 is 1.93 bits per heavy atom. The van der Waals surface area contributed by atoms with Crippen molar-refractivity contribution in [3.05, 3.63) is 70.7 Å². The summed E-state index contributed by atoms with van der Waals surface area (Å²) in [5, 5.41) is 7.50. The Balaban J connectivity index is 1.63. The number of imidazole rings is 1. The van der Waals surface area contributed by atoms with Gasteiger partial charge in [0.25, 0.3) is 5.91 Å². The van der Waals surface area contributed by atoms with Crippen LogP contribution >= 0.6 is 11.6 Å². The van der Waals surface area contributed by atoms with Crippen molar-refractivity contribution in [3.63, 3.8) is 0 Å². The number of benzene rings is 2. The van der Waals surface area contributed by atoms with Gasteiger partial charge in [-0.25, -0.2) is 4.98 Å². The van der Waals surface area contributed by atoms with E-state index in [1.54, 1.807) is 19.1 Å². The molecular formula is C20H17ClN4O2. The lowest BCUT2D eigenvalue weighted by atomic mass is 10.1. The second kappa shape index (κ2) is 6.89. The third-order valence-corrected chi connectivity index (χ3v) is 4.71. The van der Waals surface area contributed by atoms with Crippen molar-refractivity contribution in [3.8, 4) is 11.3 Å². The molecule has 0 saturated carbocycles. The molecular weight excluding hydrogens is 364 g/mol. The van der Waals surface area contributed by atoms with Crippen molar-refractivity contribution in [2.24, 2.45) is 0 Å². The fourth-order valence-corrected chi connectivity index (χ4v) is 3.22. The molecule has 4 rings (SSSR count). The highest BCUT2D eigenvalue weighted by atomic mass is 35.5. The number of nitrogens with zero attached hydrogens (tertiary/aromatic N) is 2. The Hall–Kier alpha value is -3.12. The molecule has 1 atom stereocenters. The van der Waals surface area contributed by atoms with Crippen LogP contribution in [0.5, 0.6) is 0 Å². The number of hydrogen-bond acceptors (Lipinski definition) is 4. The normalized spacial score (nSPS) is 12.3. The quantitative estimate of drug-likeness (QED) is 0.538. The molecule has 0 aliphatic carbocycles. The zero-order valence-electron chi connectivity index (χ0n) is 14.8. The lowest BCUT2D eigenvalue weighted by molar-refractivity contribution is 0.0937. The largest absolute Gasteiger partial charge is 0.360 e. The minimum atomic E-state index is -0.321. The van der Waals surface area contributed by atoms with E-state index < -0.39 is 0 Å². The predicted octanol–water partition coefficient (Wildman–Crippen LogP) is 4.67. The van der Waals surface area contributed by atoms with Crippen LogP contribution in [0.2, 0.25) is 5.02 Å². The average Bonchev–Trinajstić information content (AvgIpc) is 3.25. The van der Waals surface area contributed by atoms with Crippen molar-refractivity contribution >= 4 is 28.5 Å². The molecule has 0 spiro atoms. The van der Waals surface area contributed by atoms with E-state index in [4.69, 9.17) is 16.1 Å². The van der Waals surface area contributed by atoms with Gasteiger partial charge in [0.1, 0.15) is 22.8 Å². The number of nitrogens with one attached hydrogen (secondary N) is 2. The van der Waals surface area contributed by atoms with Gasteiger partial charge < -0.3 is 14.8 Å². The van der Waals surface area contributed by atoms with Crippen LogP contribution in [0.25, 0.3) is 22.3 Å². The number of carbonyl (C=O) groups is 1. The number of para-hydroxylation sites is 2. The van der Waals surface area contributed by atoms with E-state index >= 15 is 0 Å². The van der Waals surface area contributed by atoms with Gasteiger partial charge in [-0.05, 0) is 32.0 Å². The Morgan fingerprint density at radius 3 is 2.70 bits per heavy atom. The number of amides is 1. The number of aromatic nitrogens is 3. The van der Waals surface area contributed by atoms with Crippen molar-refractivity contribution in [1.29, 1.82) is 0 Å². The van der Waals surface area contributed by atoms with Gasteiger partial charge in [-0.2, -0.15) is 0 Å². The van der Waals surface area contributed by atoms with Crippen LogP contribution < -0.4 is 5.32 Å². The number of aromatic amines is 1. The van der Waals surface area contributed by atoms with Crippen LogP contribution in [0.1, 0.15) is 34.9 Å². The number of hydrogen-bond donors (Lipinski definition) is 2. The third-order valence-electron chi connectivity index (χ3n) is 4.38. The van der Waals surface area contributed by atoms with Crippen LogP contribution in [0.15, 0.2) is 53.1 Å². The molecule has 2 aromatic heterocycles. The van der Waals surface area contributed by atoms with Crippen LogP contribution in [0.3, 0.4) is 0 Å². The maximum Gasteiger partial charge on any atom is 0.257 e.